The number of benzene rings is 2. The predicted molar refractivity (Wildman–Crippen MR) is 129 cm³/mol. The lowest BCUT2D eigenvalue weighted by Gasteiger charge is -2.29. The number of rotatable bonds is 16. The van der Waals surface area contributed by atoms with Crippen LogP contribution in [0.15, 0.2) is 54.6 Å². The maximum Gasteiger partial charge on any atom is 0.119 e. The lowest BCUT2D eigenvalue weighted by atomic mass is 10.0. The molecule has 1 N–H and O–H groups in total. The largest absolute Gasteiger partial charge is 0.870 e. The van der Waals surface area contributed by atoms with Crippen molar-refractivity contribution >= 4 is 0 Å². The zero-order valence-electron chi connectivity index (χ0n) is 19.9. The van der Waals surface area contributed by atoms with Crippen LogP contribution in [0.1, 0.15) is 56.6 Å². The van der Waals surface area contributed by atoms with E-state index >= 15 is 0 Å². The topological polar surface area (TPSA) is 48.5 Å². The predicted octanol–water partition coefficient (Wildman–Crippen LogP) is 6.08. The maximum absolute atomic E-state index is 5.83. The number of hydrogen-bond donors (Lipinski definition) is 0. The highest BCUT2D eigenvalue weighted by Gasteiger charge is 2.15. The van der Waals surface area contributed by atoms with Crippen molar-refractivity contribution in [3.63, 3.8) is 0 Å². The van der Waals surface area contributed by atoms with Gasteiger partial charge in [0, 0.05) is 5.56 Å². The van der Waals surface area contributed by atoms with E-state index in [0.29, 0.717) is 13.2 Å². The van der Waals surface area contributed by atoms with E-state index in [1.807, 2.05) is 0 Å². The van der Waals surface area contributed by atoms with Gasteiger partial charge in [-0.15, -0.1) is 0 Å². The molecule has 0 aliphatic heterocycles. The average molecular weight is 430 g/mol. The van der Waals surface area contributed by atoms with E-state index in [1.165, 1.54) is 56.1 Å². The number of ether oxygens (including phenoxy) is 2. The number of quaternary nitrogens is 1. The second-order valence-corrected chi connectivity index (χ2v) is 8.93. The Morgan fingerprint density at radius 1 is 0.710 bits per heavy atom. The summed E-state index contributed by atoms with van der Waals surface area (Å²) >= 11 is 0. The number of unbranched alkanes of at least 4 members (excludes halogenated alkanes) is 5. The molecule has 0 amide bonds. The third-order valence-electron chi connectivity index (χ3n) is 5.53. The summed E-state index contributed by atoms with van der Waals surface area (Å²) in [4.78, 5) is 0. The van der Waals surface area contributed by atoms with Gasteiger partial charge in [0.1, 0.15) is 25.4 Å². The van der Waals surface area contributed by atoms with E-state index in [9.17, 15) is 0 Å². The second-order valence-electron chi connectivity index (χ2n) is 8.93. The molecule has 0 aliphatic rings. The molecule has 0 radical (unpaired) electrons. The molecule has 2 aromatic carbocycles. The number of hydrogen-bond acceptors (Lipinski definition) is 3. The third kappa shape index (κ3) is 12.5. The lowest BCUT2D eigenvalue weighted by Crippen LogP contribution is -2.41. The highest BCUT2D eigenvalue weighted by Crippen LogP contribution is 2.15. The van der Waals surface area contributed by atoms with Crippen molar-refractivity contribution in [1.82, 2.24) is 0 Å². The van der Waals surface area contributed by atoms with E-state index in [2.05, 4.69) is 75.6 Å². The zero-order chi connectivity index (χ0) is 21.5. The minimum absolute atomic E-state index is 0. The van der Waals surface area contributed by atoms with Crippen LogP contribution in [0.3, 0.4) is 0 Å². The summed E-state index contributed by atoms with van der Waals surface area (Å²) in [6.07, 6.45) is 9.25. The number of likely N-dealkylation sites (N-methyl/N-ethyl adjacent to an activating group) is 1. The molecule has 0 saturated carbocycles. The molecule has 0 heterocycles. The van der Waals surface area contributed by atoms with Gasteiger partial charge in [0.2, 0.25) is 0 Å². The van der Waals surface area contributed by atoms with Crippen molar-refractivity contribution in [2.24, 2.45) is 0 Å². The van der Waals surface area contributed by atoms with Gasteiger partial charge in [0.05, 0.1) is 27.3 Å². The third-order valence-corrected chi connectivity index (χ3v) is 5.53. The van der Waals surface area contributed by atoms with Crippen LogP contribution in [0.2, 0.25) is 0 Å². The first-order chi connectivity index (χ1) is 14.6. The van der Waals surface area contributed by atoms with Crippen LogP contribution in [0.4, 0.5) is 0 Å². The van der Waals surface area contributed by atoms with Crippen molar-refractivity contribution in [2.45, 2.75) is 58.4 Å². The van der Waals surface area contributed by atoms with Crippen LogP contribution in [-0.2, 0) is 17.7 Å². The summed E-state index contributed by atoms with van der Waals surface area (Å²) in [6.45, 7) is 6.25. The molecule has 0 aliphatic carbocycles. The molecule has 0 unspecified atom stereocenters. The molecule has 4 nitrogen and oxygen atoms in total. The Kier molecular flexibility index (Phi) is 13.9. The van der Waals surface area contributed by atoms with Gasteiger partial charge in [0.15, 0.2) is 0 Å². The van der Waals surface area contributed by atoms with Crippen molar-refractivity contribution < 1.29 is 19.4 Å². The monoisotopic (exact) mass is 429 g/mol. The molecule has 174 valence electrons. The molecule has 2 rings (SSSR count). The molecule has 31 heavy (non-hydrogen) atoms. The van der Waals surface area contributed by atoms with Gasteiger partial charge in [0.25, 0.3) is 0 Å². The number of nitrogens with zero attached hydrogens (tertiary/aromatic N) is 1. The minimum Gasteiger partial charge on any atom is -0.870 e. The van der Waals surface area contributed by atoms with Crippen LogP contribution in [-0.4, -0.2) is 50.4 Å². The first kappa shape index (κ1) is 27.2. The van der Waals surface area contributed by atoms with Gasteiger partial charge in [-0.2, -0.15) is 0 Å². The summed E-state index contributed by atoms with van der Waals surface area (Å²) in [6, 6.07) is 19.2. The smallest absolute Gasteiger partial charge is 0.119 e. The van der Waals surface area contributed by atoms with Crippen molar-refractivity contribution in [2.75, 3.05) is 40.5 Å². The minimum atomic E-state index is 0. The summed E-state index contributed by atoms with van der Waals surface area (Å²) in [7, 11) is 4.50. The van der Waals surface area contributed by atoms with Gasteiger partial charge in [-0.05, 0) is 30.5 Å². The van der Waals surface area contributed by atoms with Gasteiger partial charge >= 0.3 is 0 Å². The summed E-state index contributed by atoms with van der Waals surface area (Å²) in [5.74, 6) is 0.936. The van der Waals surface area contributed by atoms with Gasteiger partial charge < -0.3 is 19.4 Å². The summed E-state index contributed by atoms with van der Waals surface area (Å²) in [5.41, 5.74) is 2.78. The highest BCUT2D eigenvalue weighted by molar-refractivity contribution is 5.27. The van der Waals surface area contributed by atoms with E-state index < -0.39 is 0 Å². The quantitative estimate of drug-likeness (QED) is 0.240. The molecule has 0 saturated heterocycles. The molecular formula is C27H43NO3. The zero-order valence-corrected chi connectivity index (χ0v) is 19.9. The van der Waals surface area contributed by atoms with Crippen molar-refractivity contribution in [3.8, 4) is 5.75 Å². The van der Waals surface area contributed by atoms with E-state index in [-0.39, 0.29) is 5.48 Å². The fourth-order valence-electron chi connectivity index (χ4n) is 3.65. The molecule has 0 aromatic heterocycles. The van der Waals surface area contributed by atoms with Crippen LogP contribution < -0.4 is 4.74 Å². The Morgan fingerprint density at radius 2 is 1.39 bits per heavy atom. The second kappa shape index (κ2) is 15.9. The highest BCUT2D eigenvalue weighted by atomic mass is 16.5. The number of aryl methyl sites for hydroxylation is 1. The Balaban J connectivity index is 0.00000480. The standard InChI is InChI=1S/C27H42NO2.H2O/c1-4-5-6-7-8-10-13-25-16-18-27(19-17-25)30-23-22-29-21-20-28(2,3)24-26-14-11-9-12-15-26;/h9,11-12,14-19H,4-8,10,13,20-24H2,1-3H3;1H2/q+1;/p-1. The molecule has 0 spiro atoms. The first-order valence-corrected chi connectivity index (χ1v) is 11.7. The fourth-order valence-corrected chi connectivity index (χ4v) is 3.65. The van der Waals surface area contributed by atoms with Crippen molar-refractivity contribution in [1.29, 1.82) is 0 Å². The van der Waals surface area contributed by atoms with E-state index in [4.69, 9.17) is 9.47 Å². The Morgan fingerprint density at radius 3 is 2.10 bits per heavy atom. The molecule has 0 atom stereocenters. The van der Waals surface area contributed by atoms with Gasteiger partial charge in [-0.1, -0.05) is 81.5 Å². The normalized spacial score (nSPS) is 11.2. The van der Waals surface area contributed by atoms with Crippen molar-refractivity contribution in [3.05, 3.63) is 65.7 Å². The lowest BCUT2D eigenvalue weighted by molar-refractivity contribution is -0.904. The Bertz CT molecular complexity index is 671. The Hall–Kier alpha value is -1.88. The summed E-state index contributed by atoms with van der Waals surface area (Å²) < 4.78 is 12.6. The molecular weight excluding hydrogens is 386 g/mol. The van der Waals surface area contributed by atoms with E-state index in [1.54, 1.807) is 0 Å². The molecule has 4 heteroatoms. The summed E-state index contributed by atoms with van der Waals surface area (Å²) in [5, 5.41) is 0. The van der Waals surface area contributed by atoms with E-state index in [0.717, 1.165) is 29.9 Å². The van der Waals surface area contributed by atoms with Crippen LogP contribution in [0.5, 0.6) is 5.75 Å². The maximum atomic E-state index is 5.83. The Labute approximate surface area is 190 Å². The van der Waals surface area contributed by atoms with Crippen LogP contribution >= 0.6 is 0 Å². The molecule has 0 fully saturated rings. The van der Waals surface area contributed by atoms with Gasteiger partial charge in [-0.3, -0.25) is 0 Å². The average Bonchev–Trinajstić information content (AvgIpc) is 2.74. The van der Waals surface area contributed by atoms with Crippen LogP contribution in [0.25, 0.3) is 0 Å². The molecule has 0 bridgehead atoms. The van der Waals surface area contributed by atoms with Crippen LogP contribution in [0, 0.1) is 0 Å². The van der Waals surface area contributed by atoms with Gasteiger partial charge in [-0.25, -0.2) is 0 Å². The first-order valence-electron chi connectivity index (χ1n) is 11.7. The fraction of sp³-hybridized carbons (Fsp3) is 0.556. The SMILES string of the molecule is CCCCCCCCc1ccc(OCCOCC[N+](C)(C)Cc2ccccc2)cc1.[OH-]. The molecule has 2 aromatic rings.